The monoisotopic (exact) mass is 336 g/mol. The summed E-state index contributed by atoms with van der Waals surface area (Å²) in [6, 6.07) is 9.15. The zero-order valence-electron chi connectivity index (χ0n) is 13.9. The van der Waals surface area contributed by atoms with E-state index >= 15 is 0 Å². The molecule has 3 aromatic rings. The molecule has 0 atom stereocenters. The van der Waals surface area contributed by atoms with E-state index in [0.717, 1.165) is 12.8 Å². The molecule has 128 valence electrons. The van der Waals surface area contributed by atoms with E-state index in [4.69, 9.17) is 5.73 Å². The average molecular weight is 336 g/mol. The van der Waals surface area contributed by atoms with Crippen molar-refractivity contribution in [3.63, 3.8) is 0 Å². The number of anilines is 1. The molecular weight excluding hydrogens is 316 g/mol. The minimum Gasteiger partial charge on any atom is -0.384 e. The minimum absolute atomic E-state index is 0.108. The first-order valence-electron chi connectivity index (χ1n) is 8.59. The first-order chi connectivity index (χ1) is 12.2. The number of carbonyl (C=O) groups is 1. The zero-order chi connectivity index (χ0) is 17.2. The van der Waals surface area contributed by atoms with E-state index in [0.29, 0.717) is 28.5 Å². The smallest absolute Gasteiger partial charge is 0.251 e. The third-order valence-corrected chi connectivity index (χ3v) is 4.56. The van der Waals surface area contributed by atoms with E-state index < -0.39 is 0 Å². The van der Waals surface area contributed by atoms with Gasteiger partial charge in [0, 0.05) is 17.8 Å². The fraction of sp³-hybridized carbons (Fsp3) is 0.333. The van der Waals surface area contributed by atoms with Gasteiger partial charge < -0.3 is 11.1 Å². The highest BCUT2D eigenvalue weighted by Crippen LogP contribution is 2.20. The summed E-state index contributed by atoms with van der Waals surface area (Å²) >= 11 is 0. The molecule has 3 N–H and O–H groups in total. The molecule has 1 aliphatic rings. The SMILES string of the molecule is Nc1cc(C(=O)NC2CCCCC2)cc2nc(-c3ccccn3)nn12. The second-order valence-electron chi connectivity index (χ2n) is 6.40. The Morgan fingerprint density at radius 1 is 1.20 bits per heavy atom. The van der Waals surface area contributed by atoms with Gasteiger partial charge in [-0.05, 0) is 37.1 Å². The van der Waals surface area contributed by atoms with Gasteiger partial charge in [0.05, 0.1) is 0 Å². The minimum atomic E-state index is -0.108. The second-order valence-corrected chi connectivity index (χ2v) is 6.40. The van der Waals surface area contributed by atoms with Gasteiger partial charge in [-0.3, -0.25) is 9.78 Å². The van der Waals surface area contributed by atoms with Crippen LogP contribution in [0.1, 0.15) is 42.5 Å². The summed E-state index contributed by atoms with van der Waals surface area (Å²) in [5.41, 5.74) is 7.79. The quantitative estimate of drug-likeness (QED) is 0.765. The predicted molar refractivity (Wildman–Crippen MR) is 95.0 cm³/mol. The van der Waals surface area contributed by atoms with E-state index in [9.17, 15) is 4.79 Å². The normalized spacial score (nSPS) is 15.4. The van der Waals surface area contributed by atoms with Crippen LogP contribution in [0.3, 0.4) is 0 Å². The summed E-state index contributed by atoms with van der Waals surface area (Å²) in [7, 11) is 0. The molecule has 0 unspecified atom stereocenters. The van der Waals surface area contributed by atoms with Crippen LogP contribution in [0.2, 0.25) is 0 Å². The number of rotatable bonds is 3. The van der Waals surface area contributed by atoms with Crippen molar-refractivity contribution in [1.29, 1.82) is 0 Å². The van der Waals surface area contributed by atoms with Crippen molar-refractivity contribution in [2.24, 2.45) is 0 Å². The summed E-state index contributed by atoms with van der Waals surface area (Å²) < 4.78 is 1.53. The van der Waals surface area contributed by atoms with Gasteiger partial charge in [-0.1, -0.05) is 25.3 Å². The summed E-state index contributed by atoms with van der Waals surface area (Å²) in [5, 5.41) is 7.49. The highest BCUT2D eigenvalue weighted by atomic mass is 16.1. The Bertz CT molecular complexity index is 899. The summed E-state index contributed by atoms with van der Waals surface area (Å²) in [6.45, 7) is 0. The zero-order valence-corrected chi connectivity index (χ0v) is 13.9. The first-order valence-corrected chi connectivity index (χ1v) is 8.59. The van der Waals surface area contributed by atoms with Gasteiger partial charge in [-0.25, -0.2) is 4.98 Å². The van der Waals surface area contributed by atoms with Gasteiger partial charge in [0.2, 0.25) is 5.82 Å². The lowest BCUT2D eigenvalue weighted by Crippen LogP contribution is -2.36. The van der Waals surface area contributed by atoms with Crippen LogP contribution in [0.5, 0.6) is 0 Å². The number of nitrogens with zero attached hydrogens (tertiary/aromatic N) is 4. The van der Waals surface area contributed by atoms with Crippen LogP contribution < -0.4 is 11.1 Å². The number of fused-ring (bicyclic) bond motifs is 1. The molecule has 7 nitrogen and oxygen atoms in total. The third kappa shape index (κ3) is 3.17. The molecule has 0 aromatic carbocycles. The van der Waals surface area contributed by atoms with Crippen molar-refractivity contribution in [3.8, 4) is 11.5 Å². The number of hydrogen-bond donors (Lipinski definition) is 2. The molecule has 3 aromatic heterocycles. The number of nitrogens with one attached hydrogen (secondary N) is 1. The van der Waals surface area contributed by atoms with Crippen LogP contribution in [0, 0.1) is 0 Å². The maximum Gasteiger partial charge on any atom is 0.251 e. The topological polar surface area (TPSA) is 98.2 Å². The number of aromatic nitrogens is 4. The molecule has 1 fully saturated rings. The largest absolute Gasteiger partial charge is 0.384 e. The van der Waals surface area contributed by atoms with Crippen molar-refractivity contribution in [3.05, 3.63) is 42.1 Å². The van der Waals surface area contributed by atoms with E-state index in [1.807, 2.05) is 18.2 Å². The lowest BCUT2D eigenvalue weighted by atomic mass is 9.95. The molecule has 7 heteroatoms. The lowest BCUT2D eigenvalue weighted by Gasteiger charge is -2.22. The molecule has 3 heterocycles. The number of carbonyl (C=O) groups excluding carboxylic acids is 1. The van der Waals surface area contributed by atoms with Gasteiger partial charge in [0.1, 0.15) is 11.5 Å². The Morgan fingerprint density at radius 3 is 2.80 bits per heavy atom. The highest BCUT2D eigenvalue weighted by molar-refractivity contribution is 5.96. The number of hydrogen-bond acceptors (Lipinski definition) is 5. The molecule has 4 rings (SSSR count). The molecule has 1 amide bonds. The highest BCUT2D eigenvalue weighted by Gasteiger charge is 2.18. The van der Waals surface area contributed by atoms with Gasteiger partial charge in [0.15, 0.2) is 5.65 Å². The molecule has 0 radical (unpaired) electrons. The maximum atomic E-state index is 12.5. The van der Waals surface area contributed by atoms with Crippen LogP contribution >= 0.6 is 0 Å². The number of nitrogen functional groups attached to an aromatic ring is 1. The van der Waals surface area contributed by atoms with E-state index in [2.05, 4.69) is 20.4 Å². The Kier molecular flexibility index (Phi) is 4.05. The van der Waals surface area contributed by atoms with Gasteiger partial charge in [0.25, 0.3) is 5.91 Å². The van der Waals surface area contributed by atoms with Crippen molar-refractivity contribution in [2.45, 2.75) is 38.1 Å². The number of nitrogens with two attached hydrogens (primary N) is 1. The van der Waals surface area contributed by atoms with Crippen LogP contribution in [-0.2, 0) is 0 Å². The maximum absolute atomic E-state index is 12.5. The van der Waals surface area contributed by atoms with Gasteiger partial charge in [-0.2, -0.15) is 4.52 Å². The van der Waals surface area contributed by atoms with Crippen LogP contribution in [0.25, 0.3) is 17.2 Å². The second kappa shape index (κ2) is 6.51. The molecule has 1 aliphatic carbocycles. The van der Waals surface area contributed by atoms with Gasteiger partial charge in [-0.15, -0.1) is 5.10 Å². The summed E-state index contributed by atoms with van der Waals surface area (Å²) in [6.07, 6.45) is 7.36. The number of amides is 1. The van der Waals surface area contributed by atoms with E-state index in [1.165, 1.54) is 23.8 Å². The first kappa shape index (κ1) is 15.6. The van der Waals surface area contributed by atoms with Crippen molar-refractivity contribution < 1.29 is 4.79 Å². The Labute approximate surface area is 145 Å². The van der Waals surface area contributed by atoms with E-state index in [-0.39, 0.29) is 11.9 Å². The summed E-state index contributed by atoms with van der Waals surface area (Å²) in [4.78, 5) is 21.3. The van der Waals surface area contributed by atoms with Crippen molar-refractivity contribution in [2.75, 3.05) is 5.73 Å². The average Bonchev–Trinajstić information content (AvgIpc) is 3.08. The van der Waals surface area contributed by atoms with Crippen molar-refractivity contribution >= 4 is 17.4 Å². The third-order valence-electron chi connectivity index (χ3n) is 4.56. The molecule has 0 aliphatic heterocycles. The van der Waals surface area contributed by atoms with Crippen LogP contribution in [0.15, 0.2) is 36.5 Å². The standard InChI is InChI=1S/C18H20N6O/c19-15-10-12(18(25)21-13-6-2-1-3-7-13)11-16-22-17(23-24(15)16)14-8-4-5-9-20-14/h4-5,8-11,13H,1-3,6-7,19H2,(H,21,25). The van der Waals surface area contributed by atoms with Crippen LogP contribution in [-0.4, -0.2) is 31.5 Å². The molecule has 0 bridgehead atoms. The Morgan fingerprint density at radius 2 is 2.04 bits per heavy atom. The molecule has 0 saturated heterocycles. The van der Waals surface area contributed by atoms with Crippen LogP contribution in [0.4, 0.5) is 5.82 Å². The Hall–Kier alpha value is -2.96. The Balaban J connectivity index is 1.63. The molecule has 25 heavy (non-hydrogen) atoms. The lowest BCUT2D eigenvalue weighted by molar-refractivity contribution is 0.0927. The fourth-order valence-corrected chi connectivity index (χ4v) is 3.26. The fourth-order valence-electron chi connectivity index (χ4n) is 3.26. The summed E-state index contributed by atoms with van der Waals surface area (Å²) in [5.74, 6) is 0.751. The molecule has 0 spiro atoms. The molecule has 1 saturated carbocycles. The van der Waals surface area contributed by atoms with Crippen molar-refractivity contribution in [1.82, 2.24) is 24.9 Å². The van der Waals surface area contributed by atoms with Gasteiger partial charge >= 0.3 is 0 Å². The predicted octanol–water partition coefficient (Wildman–Crippen LogP) is 2.44. The molecular formula is C18H20N6O. The number of pyridine rings is 2. The van der Waals surface area contributed by atoms with E-state index in [1.54, 1.807) is 18.3 Å².